The fourth-order valence-electron chi connectivity index (χ4n) is 2.53. The number of methoxy groups -OCH3 is 1. The Morgan fingerprint density at radius 1 is 1.44 bits per heavy atom. The van der Waals surface area contributed by atoms with Crippen molar-refractivity contribution < 1.29 is 14.3 Å². The molecule has 0 aliphatic carbocycles. The number of nitrogens with one attached hydrogen (secondary N) is 1. The van der Waals surface area contributed by atoms with E-state index in [0.29, 0.717) is 17.1 Å². The number of rotatable bonds is 7. The maximum atomic E-state index is 12.3. The number of thiophene rings is 1. The number of anilines is 1. The summed E-state index contributed by atoms with van der Waals surface area (Å²) in [6.07, 6.45) is 2.75. The number of esters is 1. The Labute approximate surface area is 151 Å². The van der Waals surface area contributed by atoms with Crippen molar-refractivity contribution in [3.05, 3.63) is 34.0 Å². The molecule has 0 radical (unpaired) electrons. The van der Waals surface area contributed by atoms with Crippen LogP contribution >= 0.6 is 11.3 Å². The summed E-state index contributed by atoms with van der Waals surface area (Å²) in [5.41, 5.74) is 2.44. The van der Waals surface area contributed by atoms with Gasteiger partial charge in [0.05, 0.1) is 24.9 Å². The van der Waals surface area contributed by atoms with Gasteiger partial charge in [-0.15, -0.1) is 11.3 Å². The summed E-state index contributed by atoms with van der Waals surface area (Å²) in [5.74, 6) is -0.607. The number of aryl methyl sites for hydroxylation is 3. The van der Waals surface area contributed by atoms with Gasteiger partial charge in [0.15, 0.2) is 0 Å². The second-order valence-corrected chi connectivity index (χ2v) is 7.07. The van der Waals surface area contributed by atoms with Gasteiger partial charge in [-0.05, 0) is 26.5 Å². The van der Waals surface area contributed by atoms with E-state index >= 15 is 0 Å². The number of aromatic nitrogens is 2. The first-order valence-electron chi connectivity index (χ1n) is 8.02. The van der Waals surface area contributed by atoms with Gasteiger partial charge in [-0.1, -0.05) is 6.92 Å². The van der Waals surface area contributed by atoms with Gasteiger partial charge in [-0.3, -0.25) is 14.4 Å². The van der Waals surface area contributed by atoms with Gasteiger partial charge in [-0.25, -0.2) is 4.79 Å². The monoisotopic (exact) mass is 364 g/mol. The minimum atomic E-state index is -0.439. The number of ether oxygens (including phenoxy) is 1. The molecule has 0 saturated heterocycles. The number of likely N-dealkylation sites (N-methyl/N-ethyl adjacent to an activating group) is 1. The topological polar surface area (TPSA) is 76.5 Å². The van der Waals surface area contributed by atoms with E-state index in [2.05, 4.69) is 10.4 Å². The highest BCUT2D eigenvalue weighted by molar-refractivity contribution is 7.16. The molecular weight excluding hydrogens is 340 g/mol. The van der Waals surface area contributed by atoms with Gasteiger partial charge in [0, 0.05) is 30.2 Å². The minimum Gasteiger partial charge on any atom is -0.465 e. The van der Waals surface area contributed by atoms with Crippen molar-refractivity contribution >= 4 is 28.2 Å². The van der Waals surface area contributed by atoms with Crippen LogP contribution < -0.4 is 5.32 Å². The summed E-state index contributed by atoms with van der Waals surface area (Å²) in [5, 5.41) is 7.68. The lowest BCUT2D eigenvalue weighted by atomic mass is 10.2. The van der Waals surface area contributed by atoms with E-state index in [4.69, 9.17) is 4.74 Å². The van der Waals surface area contributed by atoms with Crippen LogP contribution in [-0.2, 0) is 29.5 Å². The van der Waals surface area contributed by atoms with E-state index in [1.165, 1.54) is 18.4 Å². The van der Waals surface area contributed by atoms with Crippen LogP contribution in [0.5, 0.6) is 0 Å². The summed E-state index contributed by atoms with van der Waals surface area (Å²) in [7, 11) is 5.08. The number of carbonyl (C=O) groups excluding carboxylic acids is 2. The van der Waals surface area contributed by atoms with Crippen LogP contribution in [0.15, 0.2) is 12.3 Å². The SMILES string of the molecule is CCc1cc(C(=O)OC)c(NC(=O)CN(C)Cc2cn(C)nc2C)s1. The predicted octanol–water partition coefficient (Wildman–Crippen LogP) is 2.21. The Morgan fingerprint density at radius 2 is 2.16 bits per heavy atom. The second-order valence-electron chi connectivity index (χ2n) is 5.93. The van der Waals surface area contributed by atoms with E-state index in [9.17, 15) is 9.59 Å². The third-order valence-corrected chi connectivity index (χ3v) is 4.95. The third-order valence-electron chi connectivity index (χ3n) is 3.76. The molecule has 2 rings (SSSR count). The molecule has 0 spiro atoms. The number of hydrogen-bond donors (Lipinski definition) is 1. The molecule has 0 atom stereocenters. The van der Waals surface area contributed by atoms with Crippen molar-refractivity contribution in [2.45, 2.75) is 26.8 Å². The average Bonchev–Trinajstić information content (AvgIpc) is 3.09. The molecule has 0 aliphatic heterocycles. The van der Waals surface area contributed by atoms with Gasteiger partial charge < -0.3 is 10.1 Å². The smallest absolute Gasteiger partial charge is 0.340 e. The van der Waals surface area contributed by atoms with Crippen LogP contribution in [0, 0.1) is 6.92 Å². The number of hydrogen-bond acceptors (Lipinski definition) is 6. The highest BCUT2D eigenvalue weighted by atomic mass is 32.1. The van der Waals surface area contributed by atoms with Crippen LogP contribution in [-0.4, -0.2) is 47.3 Å². The van der Waals surface area contributed by atoms with Crippen LogP contribution in [0.2, 0.25) is 0 Å². The Kier molecular flexibility index (Phi) is 6.33. The third kappa shape index (κ3) is 4.90. The molecule has 0 aliphatic rings. The standard InChI is InChI=1S/C17H24N4O3S/c1-6-13-7-14(17(23)24-5)16(25-13)18-15(22)10-20(3)8-12-9-21(4)19-11(12)2/h7,9H,6,8,10H2,1-5H3,(H,18,22). The van der Waals surface area contributed by atoms with Gasteiger partial charge in [-0.2, -0.15) is 5.10 Å². The number of nitrogens with zero attached hydrogens (tertiary/aromatic N) is 3. The zero-order valence-electron chi connectivity index (χ0n) is 15.3. The first-order chi connectivity index (χ1) is 11.8. The molecule has 1 N–H and O–H groups in total. The number of amides is 1. The Morgan fingerprint density at radius 3 is 2.72 bits per heavy atom. The summed E-state index contributed by atoms with van der Waals surface area (Å²) >= 11 is 1.40. The lowest BCUT2D eigenvalue weighted by Gasteiger charge is -2.15. The molecule has 0 fully saturated rings. The average molecular weight is 364 g/mol. The quantitative estimate of drug-likeness (QED) is 0.762. The van der Waals surface area contributed by atoms with Crippen LogP contribution in [0.1, 0.15) is 33.4 Å². The lowest BCUT2D eigenvalue weighted by molar-refractivity contribution is -0.117. The maximum Gasteiger partial charge on any atom is 0.340 e. The van der Waals surface area contributed by atoms with E-state index < -0.39 is 5.97 Å². The zero-order chi connectivity index (χ0) is 18.6. The summed E-state index contributed by atoms with van der Waals surface area (Å²) in [6.45, 7) is 4.79. The van der Waals surface area contributed by atoms with E-state index in [0.717, 1.165) is 22.6 Å². The predicted molar refractivity (Wildman–Crippen MR) is 97.9 cm³/mol. The first kappa shape index (κ1) is 19.1. The van der Waals surface area contributed by atoms with Gasteiger partial charge >= 0.3 is 5.97 Å². The molecule has 0 saturated carbocycles. The molecule has 7 nitrogen and oxygen atoms in total. The van der Waals surface area contributed by atoms with Gasteiger partial charge in [0.1, 0.15) is 5.00 Å². The van der Waals surface area contributed by atoms with Crippen molar-refractivity contribution in [1.82, 2.24) is 14.7 Å². The van der Waals surface area contributed by atoms with Crippen molar-refractivity contribution in [3.63, 3.8) is 0 Å². The minimum absolute atomic E-state index is 0.168. The van der Waals surface area contributed by atoms with Gasteiger partial charge in [0.25, 0.3) is 0 Å². The fourth-order valence-corrected chi connectivity index (χ4v) is 3.53. The summed E-state index contributed by atoms with van der Waals surface area (Å²) in [4.78, 5) is 27.1. The van der Waals surface area contributed by atoms with Crippen molar-refractivity contribution in [1.29, 1.82) is 0 Å². The summed E-state index contributed by atoms with van der Waals surface area (Å²) < 4.78 is 6.55. The van der Waals surface area contributed by atoms with Gasteiger partial charge in [0.2, 0.25) is 5.91 Å². The molecule has 0 unspecified atom stereocenters. The Balaban J connectivity index is 2.01. The lowest BCUT2D eigenvalue weighted by Crippen LogP contribution is -2.30. The van der Waals surface area contributed by atoms with E-state index in [1.54, 1.807) is 10.7 Å². The fraction of sp³-hybridized carbons (Fsp3) is 0.471. The summed E-state index contributed by atoms with van der Waals surface area (Å²) in [6, 6.07) is 1.77. The van der Waals surface area contributed by atoms with Crippen molar-refractivity contribution in [2.75, 3.05) is 26.0 Å². The van der Waals surface area contributed by atoms with Crippen LogP contribution in [0.25, 0.3) is 0 Å². The molecule has 2 heterocycles. The molecule has 2 aromatic rings. The molecule has 25 heavy (non-hydrogen) atoms. The maximum absolute atomic E-state index is 12.3. The van der Waals surface area contributed by atoms with Crippen LogP contribution in [0.3, 0.4) is 0 Å². The Bertz CT molecular complexity index is 766. The number of carbonyl (C=O) groups is 2. The molecular formula is C17H24N4O3S. The highest BCUT2D eigenvalue weighted by Gasteiger charge is 2.19. The molecule has 136 valence electrons. The van der Waals surface area contributed by atoms with Crippen LogP contribution in [0.4, 0.5) is 5.00 Å². The molecule has 2 aromatic heterocycles. The zero-order valence-corrected chi connectivity index (χ0v) is 16.1. The van der Waals surface area contributed by atoms with E-state index in [-0.39, 0.29) is 12.5 Å². The largest absolute Gasteiger partial charge is 0.465 e. The van der Waals surface area contributed by atoms with Crippen molar-refractivity contribution in [2.24, 2.45) is 7.05 Å². The molecule has 1 amide bonds. The Hall–Kier alpha value is -2.19. The molecule has 8 heteroatoms. The van der Waals surface area contributed by atoms with E-state index in [1.807, 2.05) is 39.0 Å². The normalized spacial score (nSPS) is 11.0. The highest BCUT2D eigenvalue weighted by Crippen LogP contribution is 2.29. The molecule has 0 bridgehead atoms. The first-order valence-corrected chi connectivity index (χ1v) is 8.84. The van der Waals surface area contributed by atoms with Crippen molar-refractivity contribution in [3.8, 4) is 0 Å². The molecule has 0 aromatic carbocycles. The second kappa shape index (κ2) is 8.26.